The molecule has 4 heteroatoms. The number of rotatable bonds is 5. The molecule has 3 nitrogen and oxygen atoms in total. The predicted molar refractivity (Wildman–Crippen MR) is 51.1 cm³/mol. The van der Waals surface area contributed by atoms with Crippen LogP contribution in [0.2, 0.25) is 0 Å². The van der Waals surface area contributed by atoms with E-state index in [2.05, 4.69) is 12.2 Å². The van der Waals surface area contributed by atoms with E-state index in [9.17, 15) is 9.59 Å². The molecular formula is C8H15NO2S. The Bertz CT molecular complexity index is 159. The summed E-state index contributed by atoms with van der Waals surface area (Å²) in [4.78, 5) is 21.4. The van der Waals surface area contributed by atoms with Crippen LogP contribution in [0.15, 0.2) is 0 Å². The summed E-state index contributed by atoms with van der Waals surface area (Å²) in [6, 6.07) is 0. The summed E-state index contributed by atoms with van der Waals surface area (Å²) in [5.74, 6) is 0.197. The molecule has 0 rings (SSSR count). The number of hydrogen-bond donors (Lipinski definition) is 1. The summed E-state index contributed by atoms with van der Waals surface area (Å²) in [6.45, 7) is 4.24. The lowest BCUT2D eigenvalue weighted by atomic mass is 10.3. The molecule has 0 heterocycles. The molecule has 0 saturated heterocycles. The van der Waals surface area contributed by atoms with Gasteiger partial charge in [-0.2, -0.15) is 0 Å². The SMILES string of the molecule is CCCCNC(=O)CSC(C)=O. The Balaban J connectivity index is 3.28. The van der Waals surface area contributed by atoms with Crippen molar-refractivity contribution < 1.29 is 9.59 Å². The van der Waals surface area contributed by atoms with Gasteiger partial charge >= 0.3 is 0 Å². The molecule has 12 heavy (non-hydrogen) atoms. The predicted octanol–water partition coefficient (Wildman–Crippen LogP) is 1.18. The Labute approximate surface area is 77.3 Å². The van der Waals surface area contributed by atoms with Gasteiger partial charge in [0.2, 0.25) is 5.91 Å². The lowest BCUT2D eigenvalue weighted by Crippen LogP contribution is -2.26. The van der Waals surface area contributed by atoms with E-state index >= 15 is 0 Å². The van der Waals surface area contributed by atoms with Crippen molar-refractivity contribution in [1.29, 1.82) is 0 Å². The molecule has 0 radical (unpaired) electrons. The third kappa shape index (κ3) is 7.60. The maximum Gasteiger partial charge on any atom is 0.230 e. The first-order chi connectivity index (χ1) is 5.66. The van der Waals surface area contributed by atoms with E-state index in [-0.39, 0.29) is 16.8 Å². The monoisotopic (exact) mass is 189 g/mol. The first kappa shape index (κ1) is 11.5. The van der Waals surface area contributed by atoms with Crippen molar-refractivity contribution in [1.82, 2.24) is 5.32 Å². The van der Waals surface area contributed by atoms with Crippen LogP contribution in [0.25, 0.3) is 0 Å². The Morgan fingerprint density at radius 3 is 2.58 bits per heavy atom. The van der Waals surface area contributed by atoms with Gasteiger partial charge in [0.05, 0.1) is 5.75 Å². The molecule has 0 aromatic rings. The number of nitrogens with one attached hydrogen (secondary N) is 1. The van der Waals surface area contributed by atoms with Gasteiger partial charge in [-0.3, -0.25) is 9.59 Å². The minimum atomic E-state index is -0.0522. The number of carbonyl (C=O) groups excluding carboxylic acids is 2. The molecule has 0 saturated carbocycles. The van der Waals surface area contributed by atoms with Crippen molar-refractivity contribution >= 4 is 22.8 Å². The quantitative estimate of drug-likeness (QED) is 0.661. The second-order valence-corrected chi connectivity index (χ2v) is 3.64. The van der Waals surface area contributed by atoms with E-state index in [1.54, 1.807) is 0 Å². The second kappa shape index (κ2) is 7.16. The molecule has 0 atom stereocenters. The second-order valence-electron chi connectivity index (χ2n) is 2.48. The van der Waals surface area contributed by atoms with Crippen molar-refractivity contribution in [3.8, 4) is 0 Å². The molecule has 0 aliphatic heterocycles. The molecule has 0 fully saturated rings. The number of unbranched alkanes of at least 4 members (excludes halogenated alkanes) is 1. The van der Waals surface area contributed by atoms with Gasteiger partial charge in [-0.05, 0) is 6.42 Å². The zero-order chi connectivity index (χ0) is 9.40. The zero-order valence-electron chi connectivity index (χ0n) is 7.55. The molecule has 0 spiro atoms. The number of thioether (sulfide) groups is 1. The van der Waals surface area contributed by atoms with Gasteiger partial charge in [-0.25, -0.2) is 0 Å². The van der Waals surface area contributed by atoms with Gasteiger partial charge in [0.15, 0.2) is 5.12 Å². The summed E-state index contributed by atoms with van der Waals surface area (Å²) in [5.41, 5.74) is 0. The Hall–Kier alpha value is -0.510. The molecule has 1 N–H and O–H groups in total. The maximum absolute atomic E-state index is 10.9. The smallest absolute Gasteiger partial charge is 0.230 e. The standard InChI is InChI=1S/C8H15NO2S/c1-3-4-5-9-8(11)6-12-7(2)10/h3-6H2,1-2H3,(H,9,11). The summed E-state index contributed by atoms with van der Waals surface area (Å²) < 4.78 is 0. The maximum atomic E-state index is 10.9. The Morgan fingerprint density at radius 2 is 2.08 bits per heavy atom. The van der Waals surface area contributed by atoms with E-state index < -0.39 is 0 Å². The van der Waals surface area contributed by atoms with Crippen LogP contribution in [0.1, 0.15) is 26.7 Å². The van der Waals surface area contributed by atoms with Crippen molar-refractivity contribution in [2.75, 3.05) is 12.3 Å². The van der Waals surface area contributed by atoms with E-state index in [1.807, 2.05) is 0 Å². The minimum absolute atomic E-state index is 0.0133. The highest BCUT2D eigenvalue weighted by Crippen LogP contribution is 1.99. The molecule has 0 aliphatic rings. The highest BCUT2D eigenvalue weighted by Gasteiger charge is 2.01. The fraction of sp³-hybridized carbons (Fsp3) is 0.750. The van der Waals surface area contributed by atoms with Crippen LogP contribution in [-0.4, -0.2) is 23.3 Å². The fourth-order valence-electron chi connectivity index (χ4n) is 0.623. The van der Waals surface area contributed by atoms with Crippen molar-refractivity contribution in [3.05, 3.63) is 0 Å². The minimum Gasteiger partial charge on any atom is -0.355 e. The molecule has 0 aliphatic carbocycles. The normalized spacial score (nSPS) is 9.50. The average Bonchev–Trinajstić information content (AvgIpc) is 2.01. The fourth-order valence-corrected chi connectivity index (χ4v) is 1.06. The molecule has 0 unspecified atom stereocenters. The van der Waals surface area contributed by atoms with Gasteiger partial charge in [-0.15, -0.1) is 0 Å². The summed E-state index contributed by atoms with van der Waals surface area (Å²) >= 11 is 1.05. The van der Waals surface area contributed by atoms with E-state index in [4.69, 9.17) is 0 Å². The lowest BCUT2D eigenvalue weighted by molar-refractivity contribution is -0.118. The van der Waals surface area contributed by atoms with Crippen molar-refractivity contribution in [3.63, 3.8) is 0 Å². The number of carbonyl (C=O) groups is 2. The molecule has 70 valence electrons. The first-order valence-electron chi connectivity index (χ1n) is 4.07. The van der Waals surface area contributed by atoms with Crippen molar-refractivity contribution in [2.45, 2.75) is 26.7 Å². The van der Waals surface area contributed by atoms with Crippen LogP contribution in [0, 0.1) is 0 Å². The van der Waals surface area contributed by atoms with Gasteiger partial charge in [0, 0.05) is 13.5 Å². The molecule has 0 bridgehead atoms. The molecular weight excluding hydrogens is 174 g/mol. The molecule has 0 aromatic carbocycles. The topological polar surface area (TPSA) is 46.2 Å². The number of hydrogen-bond acceptors (Lipinski definition) is 3. The van der Waals surface area contributed by atoms with Gasteiger partial charge in [0.25, 0.3) is 0 Å². The van der Waals surface area contributed by atoms with Crippen molar-refractivity contribution in [2.24, 2.45) is 0 Å². The van der Waals surface area contributed by atoms with Gasteiger partial charge < -0.3 is 5.32 Å². The Kier molecular flexibility index (Phi) is 6.85. The summed E-state index contributed by atoms with van der Waals surface area (Å²) in [6.07, 6.45) is 2.07. The largest absolute Gasteiger partial charge is 0.355 e. The van der Waals surface area contributed by atoms with E-state index in [0.717, 1.165) is 24.6 Å². The van der Waals surface area contributed by atoms with Crippen LogP contribution >= 0.6 is 11.8 Å². The third-order valence-corrected chi connectivity index (χ3v) is 2.07. The summed E-state index contributed by atoms with van der Waals surface area (Å²) in [5, 5.41) is 2.71. The lowest BCUT2D eigenvalue weighted by Gasteiger charge is -2.01. The van der Waals surface area contributed by atoms with Gasteiger partial charge in [0.1, 0.15) is 0 Å². The highest BCUT2D eigenvalue weighted by atomic mass is 32.2. The first-order valence-corrected chi connectivity index (χ1v) is 5.05. The average molecular weight is 189 g/mol. The molecule has 1 amide bonds. The van der Waals surface area contributed by atoms with E-state index in [0.29, 0.717) is 6.54 Å². The van der Waals surface area contributed by atoms with Crippen LogP contribution in [0.3, 0.4) is 0 Å². The highest BCUT2D eigenvalue weighted by molar-refractivity contribution is 8.14. The Morgan fingerprint density at radius 1 is 1.42 bits per heavy atom. The van der Waals surface area contributed by atoms with E-state index in [1.165, 1.54) is 6.92 Å². The summed E-state index contributed by atoms with van der Waals surface area (Å²) in [7, 11) is 0. The third-order valence-electron chi connectivity index (χ3n) is 1.26. The zero-order valence-corrected chi connectivity index (χ0v) is 8.37. The molecule has 0 aromatic heterocycles. The van der Waals surface area contributed by atoms with Crippen LogP contribution in [0.5, 0.6) is 0 Å². The van der Waals surface area contributed by atoms with Gasteiger partial charge in [-0.1, -0.05) is 25.1 Å². The van der Waals surface area contributed by atoms with Crippen LogP contribution in [0.4, 0.5) is 0 Å². The van der Waals surface area contributed by atoms with Crippen LogP contribution in [-0.2, 0) is 9.59 Å². The van der Waals surface area contributed by atoms with Crippen LogP contribution < -0.4 is 5.32 Å². The number of amides is 1.